The standard InChI is InChI=1S/C15H13N3O2/c1-10-4-5-17-15(12(10)7-16)18-8-11-2-3-13-14(6-11)20-9-19-13/h2-6H,8-9H2,1H3,(H,17,18). The molecule has 1 aromatic carbocycles. The Bertz CT molecular complexity index is 692. The van der Waals surface area contributed by atoms with Crippen molar-refractivity contribution in [2.75, 3.05) is 12.1 Å². The van der Waals surface area contributed by atoms with Crippen molar-refractivity contribution in [2.45, 2.75) is 13.5 Å². The lowest BCUT2D eigenvalue weighted by Gasteiger charge is -2.09. The summed E-state index contributed by atoms with van der Waals surface area (Å²) < 4.78 is 10.6. The minimum atomic E-state index is 0.268. The van der Waals surface area contributed by atoms with Crippen LogP contribution in [0.5, 0.6) is 11.5 Å². The molecule has 5 heteroatoms. The average molecular weight is 267 g/mol. The smallest absolute Gasteiger partial charge is 0.231 e. The first-order valence-electron chi connectivity index (χ1n) is 6.26. The van der Waals surface area contributed by atoms with Gasteiger partial charge in [-0.1, -0.05) is 6.07 Å². The van der Waals surface area contributed by atoms with E-state index < -0.39 is 0 Å². The largest absolute Gasteiger partial charge is 0.454 e. The third-order valence-corrected chi connectivity index (χ3v) is 3.17. The van der Waals surface area contributed by atoms with Gasteiger partial charge >= 0.3 is 0 Å². The van der Waals surface area contributed by atoms with Crippen LogP contribution in [0.15, 0.2) is 30.5 Å². The van der Waals surface area contributed by atoms with Gasteiger partial charge in [-0.2, -0.15) is 5.26 Å². The monoisotopic (exact) mass is 267 g/mol. The van der Waals surface area contributed by atoms with Gasteiger partial charge in [-0.15, -0.1) is 0 Å². The molecule has 0 saturated carbocycles. The number of anilines is 1. The molecule has 0 bridgehead atoms. The number of nitrogens with zero attached hydrogens (tertiary/aromatic N) is 2. The molecule has 0 atom stereocenters. The van der Waals surface area contributed by atoms with Crippen LogP contribution < -0.4 is 14.8 Å². The topological polar surface area (TPSA) is 67.2 Å². The molecule has 1 N–H and O–H groups in total. The summed E-state index contributed by atoms with van der Waals surface area (Å²) in [5, 5.41) is 12.3. The summed E-state index contributed by atoms with van der Waals surface area (Å²) in [6, 6.07) is 9.77. The molecule has 5 nitrogen and oxygen atoms in total. The van der Waals surface area contributed by atoms with E-state index in [4.69, 9.17) is 14.7 Å². The number of nitrogens with one attached hydrogen (secondary N) is 1. The Balaban J connectivity index is 1.77. The first kappa shape index (κ1) is 12.3. The van der Waals surface area contributed by atoms with Crippen molar-refractivity contribution in [1.29, 1.82) is 5.26 Å². The fourth-order valence-corrected chi connectivity index (χ4v) is 2.07. The molecule has 0 fully saturated rings. The van der Waals surface area contributed by atoms with Crippen molar-refractivity contribution in [3.05, 3.63) is 47.2 Å². The van der Waals surface area contributed by atoms with E-state index >= 15 is 0 Å². The SMILES string of the molecule is Cc1ccnc(NCc2ccc3c(c2)OCO3)c1C#N. The van der Waals surface area contributed by atoms with Gasteiger partial charge in [0.25, 0.3) is 0 Å². The van der Waals surface area contributed by atoms with Gasteiger partial charge < -0.3 is 14.8 Å². The minimum Gasteiger partial charge on any atom is -0.454 e. The first-order valence-corrected chi connectivity index (χ1v) is 6.26. The number of ether oxygens (including phenoxy) is 2. The van der Waals surface area contributed by atoms with Gasteiger partial charge in [-0.25, -0.2) is 4.98 Å². The van der Waals surface area contributed by atoms with Crippen LogP contribution in [0.4, 0.5) is 5.82 Å². The Morgan fingerprint density at radius 2 is 2.15 bits per heavy atom. The Morgan fingerprint density at radius 1 is 1.30 bits per heavy atom. The highest BCUT2D eigenvalue weighted by Crippen LogP contribution is 2.32. The number of aromatic nitrogens is 1. The van der Waals surface area contributed by atoms with Gasteiger partial charge in [0, 0.05) is 12.7 Å². The maximum absolute atomic E-state index is 9.16. The summed E-state index contributed by atoms with van der Waals surface area (Å²) in [5.74, 6) is 2.12. The zero-order chi connectivity index (χ0) is 13.9. The molecule has 0 amide bonds. The maximum Gasteiger partial charge on any atom is 0.231 e. The summed E-state index contributed by atoms with van der Waals surface area (Å²) in [6.07, 6.45) is 1.69. The van der Waals surface area contributed by atoms with Crippen molar-refractivity contribution in [2.24, 2.45) is 0 Å². The molecule has 1 aliphatic rings. The summed E-state index contributed by atoms with van der Waals surface area (Å²) >= 11 is 0. The lowest BCUT2D eigenvalue weighted by Crippen LogP contribution is -2.04. The average Bonchev–Trinajstić information content (AvgIpc) is 2.92. The van der Waals surface area contributed by atoms with E-state index in [0.717, 1.165) is 22.6 Å². The predicted molar refractivity (Wildman–Crippen MR) is 73.6 cm³/mol. The molecule has 100 valence electrons. The molecule has 0 saturated heterocycles. The van der Waals surface area contributed by atoms with Gasteiger partial charge in [-0.3, -0.25) is 0 Å². The molecule has 0 spiro atoms. The number of fused-ring (bicyclic) bond motifs is 1. The second-order valence-electron chi connectivity index (χ2n) is 4.50. The molecule has 0 aliphatic carbocycles. The Kier molecular flexibility index (Phi) is 3.13. The van der Waals surface area contributed by atoms with Crippen molar-refractivity contribution >= 4 is 5.82 Å². The van der Waals surface area contributed by atoms with E-state index in [-0.39, 0.29) is 6.79 Å². The third kappa shape index (κ3) is 2.24. The summed E-state index contributed by atoms with van der Waals surface area (Å²) in [5.41, 5.74) is 2.53. The van der Waals surface area contributed by atoms with Gasteiger partial charge in [-0.05, 0) is 36.2 Å². The quantitative estimate of drug-likeness (QED) is 0.925. The van der Waals surface area contributed by atoms with Crippen LogP contribution in [-0.2, 0) is 6.54 Å². The predicted octanol–water partition coefficient (Wildman–Crippen LogP) is 2.60. The van der Waals surface area contributed by atoms with E-state index in [1.165, 1.54) is 0 Å². The highest BCUT2D eigenvalue weighted by Gasteiger charge is 2.13. The second-order valence-corrected chi connectivity index (χ2v) is 4.50. The number of pyridine rings is 1. The van der Waals surface area contributed by atoms with Crippen LogP contribution >= 0.6 is 0 Å². The van der Waals surface area contributed by atoms with Crippen LogP contribution in [0.2, 0.25) is 0 Å². The van der Waals surface area contributed by atoms with E-state index in [1.54, 1.807) is 6.20 Å². The highest BCUT2D eigenvalue weighted by molar-refractivity contribution is 5.55. The van der Waals surface area contributed by atoms with Crippen molar-refractivity contribution < 1.29 is 9.47 Å². The molecule has 0 unspecified atom stereocenters. The van der Waals surface area contributed by atoms with E-state index in [1.807, 2.05) is 31.2 Å². The normalized spacial score (nSPS) is 12.0. The summed E-state index contributed by atoms with van der Waals surface area (Å²) in [6.45, 7) is 2.73. The Morgan fingerprint density at radius 3 is 3.00 bits per heavy atom. The lowest BCUT2D eigenvalue weighted by molar-refractivity contribution is 0.174. The molecule has 1 aliphatic heterocycles. The Labute approximate surface area is 116 Å². The fraction of sp³-hybridized carbons (Fsp3) is 0.200. The second kappa shape index (κ2) is 5.10. The van der Waals surface area contributed by atoms with Gasteiger partial charge in [0.1, 0.15) is 11.9 Å². The molecule has 2 heterocycles. The Hall–Kier alpha value is -2.74. The van der Waals surface area contributed by atoms with Crippen molar-refractivity contribution in [1.82, 2.24) is 4.98 Å². The van der Waals surface area contributed by atoms with Crippen molar-refractivity contribution in [3.8, 4) is 17.6 Å². The molecule has 3 rings (SSSR count). The highest BCUT2D eigenvalue weighted by atomic mass is 16.7. The van der Waals surface area contributed by atoms with Crippen LogP contribution in [-0.4, -0.2) is 11.8 Å². The molecule has 1 aromatic heterocycles. The summed E-state index contributed by atoms with van der Waals surface area (Å²) in [4.78, 5) is 4.21. The van der Waals surface area contributed by atoms with Gasteiger partial charge in [0.2, 0.25) is 6.79 Å². The lowest BCUT2D eigenvalue weighted by atomic mass is 10.1. The minimum absolute atomic E-state index is 0.268. The number of aryl methyl sites for hydroxylation is 1. The molecule has 20 heavy (non-hydrogen) atoms. The number of rotatable bonds is 3. The van der Waals surface area contributed by atoms with Crippen molar-refractivity contribution in [3.63, 3.8) is 0 Å². The fourth-order valence-electron chi connectivity index (χ4n) is 2.07. The maximum atomic E-state index is 9.16. The number of nitriles is 1. The summed E-state index contributed by atoms with van der Waals surface area (Å²) in [7, 11) is 0. The zero-order valence-electron chi connectivity index (χ0n) is 11.0. The third-order valence-electron chi connectivity index (χ3n) is 3.17. The zero-order valence-corrected chi connectivity index (χ0v) is 11.0. The molecular formula is C15H13N3O2. The van der Waals surface area contributed by atoms with Crippen LogP contribution in [0.1, 0.15) is 16.7 Å². The molecular weight excluding hydrogens is 254 g/mol. The van der Waals surface area contributed by atoms with Crippen LogP contribution in [0.25, 0.3) is 0 Å². The van der Waals surface area contributed by atoms with Crippen LogP contribution in [0.3, 0.4) is 0 Å². The first-order chi connectivity index (χ1) is 9.78. The van der Waals surface area contributed by atoms with Crippen LogP contribution in [0, 0.1) is 18.3 Å². The molecule has 0 radical (unpaired) electrons. The van der Waals surface area contributed by atoms with E-state index in [0.29, 0.717) is 17.9 Å². The number of hydrogen-bond donors (Lipinski definition) is 1. The van der Waals surface area contributed by atoms with E-state index in [2.05, 4.69) is 16.4 Å². The van der Waals surface area contributed by atoms with Gasteiger partial charge in [0.05, 0.1) is 5.56 Å². The van der Waals surface area contributed by atoms with E-state index in [9.17, 15) is 0 Å². The number of hydrogen-bond acceptors (Lipinski definition) is 5. The molecule has 2 aromatic rings. The van der Waals surface area contributed by atoms with Gasteiger partial charge in [0.15, 0.2) is 11.5 Å². The number of benzene rings is 1.